The van der Waals surface area contributed by atoms with Crippen molar-refractivity contribution in [3.05, 3.63) is 242 Å². The summed E-state index contributed by atoms with van der Waals surface area (Å²) >= 11 is 0. The van der Waals surface area contributed by atoms with E-state index >= 15 is 0 Å². The third kappa shape index (κ3) is 5.47. The molecule has 65 heavy (non-hydrogen) atoms. The van der Waals surface area contributed by atoms with Gasteiger partial charge in [-0.25, -0.2) is 0 Å². The van der Waals surface area contributed by atoms with E-state index in [4.69, 9.17) is 0 Å². The smallest absolute Gasteiger partial charge is 0.0619 e. The minimum atomic E-state index is -0.422. The summed E-state index contributed by atoms with van der Waals surface area (Å²) in [4.78, 5) is 0. The number of benzene rings is 10. The van der Waals surface area contributed by atoms with Crippen LogP contribution in [0.2, 0.25) is 0 Å². The molecule has 0 aliphatic heterocycles. The van der Waals surface area contributed by atoms with E-state index in [0.717, 1.165) is 0 Å². The van der Waals surface area contributed by atoms with E-state index in [1.54, 1.807) is 0 Å². The van der Waals surface area contributed by atoms with Crippen LogP contribution in [0.25, 0.3) is 111 Å². The molecule has 0 N–H and O–H groups in total. The number of hydrogen-bond donors (Lipinski definition) is 0. The lowest BCUT2D eigenvalue weighted by atomic mass is 9.77. The Hall–Kier alpha value is -8.20. The van der Waals surface area contributed by atoms with Gasteiger partial charge in [0.2, 0.25) is 0 Å². The van der Waals surface area contributed by atoms with Gasteiger partial charge in [-0.3, -0.25) is 0 Å². The van der Waals surface area contributed by atoms with Crippen molar-refractivity contribution in [3.8, 4) is 67.3 Å². The van der Waals surface area contributed by atoms with Crippen LogP contribution in [-0.2, 0) is 5.41 Å². The summed E-state index contributed by atoms with van der Waals surface area (Å²) < 4.78 is 5.12. The van der Waals surface area contributed by atoms with Gasteiger partial charge >= 0.3 is 0 Å². The molecule has 2 aromatic heterocycles. The van der Waals surface area contributed by atoms with Gasteiger partial charge in [0.05, 0.1) is 33.8 Å². The van der Waals surface area contributed by atoms with Crippen molar-refractivity contribution in [2.24, 2.45) is 0 Å². The predicted molar refractivity (Wildman–Crippen MR) is 274 cm³/mol. The van der Waals surface area contributed by atoms with Gasteiger partial charge in [-0.05, 0) is 79.5 Å². The topological polar surface area (TPSA) is 9.86 Å². The number of aromatic nitrogens is 2. The molecule has 10 aromatic carbocycles. The Morgan fingerprint density at radius 3 is 1.05 bits per heavy atom. The van der Waals surface area contributed by atoms with Gasteiger partial charge in [0.15, 0.2) is 0 Å². The summed E-state index contributed by atoms with van der Waals surface area (Å²) in [5.74, 6) is 0. The van der Waals surface area contributed by atoms with Gasteiger partial charge in [-0.2, -0.15) is 0 Å². The second kappa shape index (κ2) is 14.4. The van der Waals surface area contributed by atoms with Gasteiger partial charge in [0, 0.05) is 38.1 Å². The SMILES string of the molecule is CC1(C)c2c(ccc3c2c(-c2ccccc2)c(-c2ccccc2)n3-c2cccc3ccccc23)-c2ccc3c(c(-c4ccccc4)c(-c4ccccc4)n3-c3cccc4ccccc34)c21. The first-order valence-electron chi connectivity index (χ1n) is 22.7. The highest BCUT2D eigenvalue weighted by molar-refractivity contribution is 6.17. The Bertz CT molecular complexity index is 3550. The minimum Gasteiger partial charge on any atom is -0.308 e. The molecule has 0 fully saturated rings. The molecule has 12 aromatic rings. The van der Waals surface area contributed by atoms with Gasteiger partial charge in [-0.1, -0.05) is 220 Å². The van der Waals surface area contributed by atoms with Crippen molar-refractivity contribution in [1.82, 2.24) is 9.13 Å². The first kappa shape index (κ1) is 37.4. The Labute approximate surface area is 378 Å². The molecule has 1 aliphatic rings. The number of rotatable bonds is 6. The average molecular weight is 829 g/mol. The highest BCUT2D eigenvalue weighted by Crippen LogP contribution is 2.59. The van der Waals surface area contributed by atoms with Crippen LogP contribution in [0.3, 0.4) is 0 Å². The highest BCUT2D eigenvalue weighted by Gasteiger charge is 2.42. The Morgan fingerprint density at radius 2 is 0.646 bits per heavy atom. The zero-order chi connectivity index (χ0) is 43.2. The molecule has 0 unspecified atom stereocenters. The molecule has 0 spiro atoms. The second-order valence-electron chi connectivity index (χ2n) is 18.0. The lowest BCUT2D eigenvalue weighted by Crippen LogP contribution is -2.16. The zero-order valence-electron chi connectivity index (χ0n) is 36.3. The molecule has 0 saturated heterocycles. The lowest BCUT2D eigenvalue weighted by molar-refractivity contribution is 0.672. The molecule has 306 valence electrons. The minimum absolute atomic E-state index is 0.422. The summed E-state index contributed by atoms with van der Waals surface area (Å²) in [6.45, 7) is 4.96. The Kier molecular flexibility index (Phi) is 8.29. The van der Waals surface area contributed by atoms with Crippen LogP contribution < -0.4 is 0 Å². The van der Waals surface area contributed by atoms with E-state index < -0.39 is 5.41 Å². The van der Waals surface area contributed by atoms with Crippen LogP contribution >= 0.6 is 0 Å². The molecule has 2 nitrogen and oxygen atoms in total. The number of hydrogen-bond acceptors (Lipinski definition) is 0. The van der Waals surface area contributed by atoms with E-state index in [0.29, 0.717) is 0 Å². The van der Waals surface area contributed by atoms with Gasteiger partial charge in [0.1, 0.15) is 0 Å². The molecule has 0 bridgehead atoms. The standard InChI is InChI=1S/C63H44N2/c1-63(2)59-49(37-39-53-57(59)55(43-23-7-3-8-24-43)61(45-27-11-5-12-28-45)64(53)51-35-19-31-41-21-15-17-33-47(41)51)50-38-40-54-58(60(50)63)56(44-25-9-4-10-26-44)62(46-29-13-6-14-30-46)65(54)52-36-20-32-42-22-16-18-34-48(42)52/h3-40H,1-2H3. The summed E-state index contributed by atoms with van der Waals surface area (Å²) in [6.07, 6.45) is 0. The van der Waals surface area contributed by atoms with Crippen LogP contribution in [0, 0.1) is 0 Å². The maximum Gasteiger partial charge on any atom is 0.0619 e. The molecule has 13 rings (SSSR count). The van der Waals surface area contributed by atoms with Crippen molar-refractivity contribution >= 4 is 43.4 Å². The van der Waals surface area contributed by atoms with Gasteiger partial charge < -0.3 is 9.13 Å². The van der Waals surface area contributed by atoms with Crippen molar-refractivity contribution < 1.29 is 0 Å². The van der Waals surface area contributed by atoms with Crippen LogP contribution in [0.15, 0.2) is 231 Å². The van der Waals surface area contributed by atoms with E-state index in [1.807, 2.05) is 0 Å². The van der Waals surface area contributed by atoms with E-state index in [2.05, 4.69) is 254 Å². The molecular formula is C63H44N2. The molecule has 0 amide bonds. The zero-order valence-corrected chi connectivity index (χ0v) is 36.3. The summed E-state index contributed by atoms with van der Waals surface area (Å²) in [5.41, 5.74) is 19.4. The molecule has 1 aliphatic carbocycles. The maximum atomic E-state index is 2.56. The summed E-state index contributed by atoms with van der Waals surface area (Å²) in [6, 6.07) is 85.0. The highest BCUT2D eigenvalue weighted by atomic mass is 15.0. The third-order valence-corrected chi connectivity index (χ3v) is 14.0. The van der Waals surface area contributed by atoms with E-state index in [-0.39, 0.29) is 0 Å². The molecular weight excluding hydrogens is 785 g/mol. The third-order valence-electron chi connectivity index (χ3n) is 14.0. The monoisotopic (exact) mass is 828 g/mol. The van der Waals surface area contributed by atoms with E-state index in [9.17, 15) is 0 Å². The maximum absolute atomic E-state index is 2.56. The van der Waals surface area contributed by atoms with Crippen LogP contribution in [-0.4, -0.2) is 9.13 Å². The first-order chi connectivity index (χ1) is 32.1. The first-order valence-corrected chi connectivity index (χ1v) is 22.7. The van der Waals surface area contributed by atoms with Crippen molar-refractivity contribution in [3.63, 3.8) is 0 Å². The molecule has 0 atom stereocenters. The van der Waals surface area contributed by atoms with Crippen LogP contribution in [0.4, 0.5) is 0 Å². The molecule has 2 heterocycles. The Morgan fingerprint density at radius 1 is 0.308 bits per heavy atom. The predicted octanol–water partition coefficient (Wildman–Crippen LogP) is 16.9. The summed E-state index contributed by atoms with van der Waals surface area (Å²) in [7, 11) is 0. The Balaban J connectivity index is 1.21. The molecule has 2 heteroatoms. The van der Waals surface area contributed by atoms with Crippen molar-refractivity contribution in [1.29, 1.82) is 0 Å². The van der Waals surface area contributed by atoms with Gasteiger partial charge in [0.25, 0.3) is 0 Å². The molecule has 0 saturated carbocycles. The second-order valence-corrected chi connectivity index (χ2v) is 18.0. The lowest BCUT2D eigenvalue weighted by Gasteiger charge is -2.25. The van der Waals surface area contributed by atoms with Crippen molar-refractivity contribution in [2.45, 2.75) is 19.3 Å². The number of nitrogens with zero attached hydrogens (tertiary/aromatic N) is 2. The fraction of sp³-hybridized carbons (Fsp3) is 0.0476. The summed E-state index contributed by atoms with van der Waals surface area (Å²) in [5, 5.41) is 7.50. The fourth-order valence-electron chi connectivity index (χ4n) is 11.5. The van der Waals surface area contributed by atoms with E-state index in [1.165, 1.54) is 122 Å². The quantitative estimate of drug-likeness (QED) is 0.158. The fourth-order valence-corrected chi connectivity index (χ4v) is 11.5. The van der Waals surface area contributed by atoms with Crippen LogP contribution in [0.1, 0.15) is 25.0 Å². The van der Waals surface area contributed by atoms with Crippen LogP contribution in [0.5, 0.6) is 0 Å². The average Bonchev–Trinajstić information content (AvgIpc) is 3.98. The van der Waals surface area contributed by atoms with Crippen molar-refractivity contribution in [2.75, 3.05) is 0 Å². The normalized spacial score (nSPS) is 12.9. The largest absolute Gasteiger partial charge is 0.308 e. The van der Waals surface area contributed by atoms with Gasteiger partial charge in [-0.15, -0.1) is 0 Å². The number of fused-ring (bicyclic) bond motifs is 9. The molecule has 0 radical (unpaired) electrons.